The molecular weight excluding hydrogens is 490 g/mol. The first kappa shape index (κ1) is 21.5. The fourth-order valence-electron chi connectivity index (χ4n) is 6.34. The minimum atomic E-state index is 0.811. The largest absolute Gasteiger partial charge is 0.453 e. The van der Waals surface area contributed by atoms with Crippen molar-refractivity contribution in [2.24, 2.45) is 0 Å². The Labute approximate surface area is 230 Å². The van der Waals surface area contributed by atoms with Crippen LogP contribution in [0.5, 0.6) is 11.5 Å². The topological polar surface area (TPSA) is 31.1 Å². The van der Waals surface area contributed by atoms with Gasteiger partial charge < -0.3 is 19.2 Å². The molecule has 3 heterocycles. The zero-order valence-electron chi connectivity index (χ0n) is 21.5. The van der Waals surface area contributed by atoms with E-state index in [4.69, 9.17) is 4.74 Å². The fourth-order valence-corrected chi connectivity index (χ4v) is 6.34. The molecule has 9 rings (SSSR count). The molecule has 1 aliphatic heterocycles. The molecule has 0 aliphatic carbocycles. The van der Waals surface area contributed by atoms with Gasteiger partial charge in [-0.3, -0.25) is 0 Å². The van der Waals surface area contributed by atoms with Gasteiger partial charge in [-0.15, -0.1) is 0 Å². The summed E-state index contributed by atoms with van der Waals surface area (Å²) in [6, 6.07) is 47.1. The van der Waals surface area contributed by atoms with Crippen LogP contribution in [0.25, 0.3) is 55.0 Å². The molecule has 0 saturated carbocycles. The monoisotopic (exact) mass is 513 g/mol. The lowest BCUT2D eigenvalue weighted by Crippen LogP contribution is -2.05. The van der Waals surface area contributed by atoms with Crippen LogP contribution in [0.2, 0.25) is 0 Å². The Hall–Kier alpha value is -5.48. The van der Waals surface area contributed by atoms with Crippen LogP contribution in [0, 0.1) is 0 Å². The van der Waals surface area contributed by atoms with Crippen molar-refractivity contribution in [3.05, 3.63) is 133 Å². The standard InChI is InChI=1S/C36H23N3O/c1-5-13-31-25(9-1)26-10-2-6-14-32(26)38(31)23-17-19-29-35(21-23)40-36-22-24(18-20-30(36)37-29)39-33-15-7-3-11-27(33)28-12-4-8-16-34(28)39/h1-22,37H. The van der Waals surface area contributed by atoms with E-state index in [-0.39, 0.29) is 0 Å². The van der Waals surface area contributed by atoms with Gasteiger partial charge in [0.1, 0.15) is 0 Å². The molecule has 0 spiro atoms. The predicted molar refractivity (Wildman–Crippen MR) is 165 cm³/mol. The highest BCUT2D eigenvalue weighted by Gasteiger charge is 2.21. The lowest BCUT2D eigenvalue weighted by atomic mass is 10.1. The summed E-state index contributed by atoms with van der Waals surface area (Å²) >= 11 is 0. The van der Waals surface area contributed by atoms with Crippen molar-refractivity contribution < 1.29 is 4.74 Å². The normalized spacial score (nSPS) is 12.4. The summed E-state index contributed by atoms with van der Waals surface area (Å²) < 4.78 is 11.2. The van der Waals surface area contributed by atoms with Crippen molar-refractivity contribution in [1.82, 2.24) is 9.13 Å². The smallest absolute Gasteiger partial charge is 0.153 e. The highest BCUT2D eigenvalue weighted by Crippen LogP contribution is 2.45. The van der Waals surface area contributed by atoms with Crippen LogP contribution < -0.4 is 10.1 Å². The third-order valence-corrected chi connectivity index (χ3v) is 8.10. The molecule has 6 aromatic carbocycles. The molecule has 0 unspecified atom stereocenters. The second-order valence-corrected chi connectivity index (χ2v) is 10.3. The van der Waals surface area contributed by atoms with E-state index >= 15 is 0 Å². The number of benzene rings is 6. The molecule has 0 amide bonds. The Morgan fingerprint density at radius 1 is 0.400 bits per heavy atom. The van der Waals surface area contributed by atoms with Crippen LogP contribution in [0.3, 0.4) is 0 Å². The van der Waals surface area contributed by atoms with Gasteiger partial charge in [-0.2, -0.15) is 0 Å². The van der Waals surface area contributed by atoms with E-state index in [1.807, 2.05) is 0 Å². The third-order valence-electron chi connectivity index (χ3n) is 8.10. The molecule has 0 radical (unpaired) electrons. The number of ether oxygens (including phenoxy) is 1. The summed E-state index contributed by atoms with van der Waals surface area (Å²) in [5.74, 6) is 1.62. The number of aromatic nitrogens is 2. The van der Waals surface area contributed by atoms with E-state index in [0.29, 0.717) is 0 Å². The van der Waals surface area contributed by atoms with Gasteiger partial charge in [-0.1, -0.05) is 72.8 Å². The Kier molecular flexibility index (Phi) is 4.30. The van der Waals surface area contributed by atoms with Crippen LogP contribution in [-0.4, -0.2) is 9.13 Å². The summed E-state index contributed by atoms with van der Waals surface area (Å²) in [7, 11) is 0. The van der Waals surface area contributed by atoms with Crippen LogP contribution >= 0.6 is 0 Å². The molecule has 2 aromatic heterocycles. The van der Waals surface area contributed by atoms with Gasteiger partial charge in [0.15, 0.2) is 11.5 Å². The molecule has 0 atom stereocenters. The van der Waals surface area contributed by atoms with Gasteiger partial charge in [0, 0.05) is 33.7 Å². The Balaban J connectivity index is 1.18. The molecule has 4 nitrogen and oxygen atoms in total. The number of fused-ring (bicyclic) bond motifs is 8. The van der Waals surface area contributed by atoms with Gasteiger partial charge in [-0.05, 0) is 48.5 Å². The molecule has 0 fully saturated rings. The average Bonchev–Trinajstić information content (AvgIpc) is 3.53. The van der Waals surface area contributed by atoms with Gasteiger partial charge >= 0.3 is 0 Å². The van der Waals surface area contributed by atoms with Crippen molar-refractivity contribution in [3.63, 3.8) is 0 Å². The van der Waals surface area contributed by atoms with E-state index in [0.717, 1.165) is 34.2 Å². The minimum Gasteiger partial charge on any atom is -0.453 e. The summed E-state index contributed by atoms with van der Waals surface area (Å²) in [5.41, 5.74) is 8.79. The maximum Gasteiger partial charge on any atom is 0.153 e. The zero-order valence-corrected chi connectivity index (χ0v) is 21.5. The van der Waals surface area contributed by atoms with Gasteiger partial charge in [0.25, 0.3) is 0 Å². The predicted octanol–water partition coefficient (Wildman–Crippen LogP) is 9.73. The third kappa shape index (κ3) is 2.96. The number of nitrogens with zero attached hydrogens (tertiary/aromatic N) is 2. The molecule has 188 valence electrons. The number of para-hydroxylation sites is 4. The van der Waals surface area contributed by atoms with E-state index < -0.39 is 0 Å². The maximum atomic E-state index is 6.61. The van der Waals surface area contributed by atoms with Crippen LogP contribution in [0.4, 0.5) is 11.4 Å². The fraction of sp³-hybridized carbons (Fsp3) is 0. The number of hydrogen-bond donors (Lipinski definition) is 1. The number of hydrogen-bond acceptors (Lipinski definition) is 2. The Bertz CT molecular complexity index is 2020. The molecule has 0 bridgehead atoms. The van der Waals surface area contributed by atoms with Crippen molar-refractivity contribution in [2.75, 3.05) is 5.32 Å². The Morgan fingerprint density at radius 2 is 0.750 bits per heavy atom. The number of rotatable bonds is 2. The Morgan fingerprint density at radius 3 is 1.12 bits per heavy atom. The SMILES string of the molecule is c1ccc2c(c1)c1ccccc1n2-c1ccc2c(c1)Oc1cc(-n3c4ccccc4c4ccccc43)ccc1N2. The van der Waals surface area contributed by atoms with E-state index in [1.165, 1.54) is 43.6 Å². The summed E-state index contributed by atoms with van der Waals surface area (Å²) in [4.78, 5) is 0. The van der Waals surface area contributed by atoms with E-state index in [9.17, 15) is 0 Å². The van der Waals surface area contributed by atoms with Crippen molar-refractivity contribution in [1.29, 1.82) is 0 Å². The summed E-state index contributed by atoms with van der Waals surface area (Å²) in [6.45, 7) is 0. The lowest BCUT2D eigenvalue weighted by molar-refractivity contribution is 0.481. The molecule has 40 heavy (non-hydrogen) atoms. The zero-order chi connectivity index (χ0) is 26.2. The van der Waals surface area contributed by atoms with E-state index in [1.54, 1.807) is 0 Å². The first-order valence-electron chi connectivity index (χ1n) is 13.5. The quantitative estimate of drug-likeness (QED) is 0.249. The van der Waals surface area contributed by atoms with Gasteiger partial charge in [-0.25, -0.2) is 0 Å². The van der Waals surface area contributed by atoms with Crippen molar-refractivity contribution >= 4 is 55.0 Å². The van der Waals surface area contributed by atoms with Gasteiger partial charge in [0.05, 0.1) is 44.8 Å². The second kappa shape index (κ2) is 8.01. The summed E-state index contributed by atoms with van der Waals surface area (Å²) in [5, 5.41) is 8.58. The first-order chi connectivity index (χ1) is 19.8. The van der Waals surface area contributed by atoms with Crippen molar-refractivity contribution in [2.45, 2.75) is 0 Å². The van der Waals surface area contributed by atoms with Crippen LogP contribution in [0.1, 0.15) is 0 Å². The average molecular weight is 514 g/mol. The summed E-state index contributed by atoms with van der Waals surface area (Å²) in [6.07, 6.45) is 0. The van der Waals surface area contributed by atoms with Crippen molar-refractivity contribution in [3.8, 4) is 22.9 Å². The first-order valence-corrected chi connectivity index (χ1v) is 13.5. The maximum absolute atomic E-state index is 6.61. The molecule has 8 aromatic rings. The van der Waals surface area contributed by atoms with E-state index in [2.05, 4.69) is 148 Å². The van der Waals surface area contributed by atoms with Gasteiger partial charge in [0.2, 0.25) is 0 Å². The highest BCUT2D eigenvalue weighted by molar-refractivity contribution is 6.10. The molecule has 4 heteroatoms. The minimum absolute atomic E-state index is 0.811. The lowest BCUT2D eigenvalue weighted by Gasteiger charge is -2.23. The molecule has 0 saturated heterocycles. The number of nitrogens with one attached hydrogen (secondary N) is 1. The molecule has 1 N–H and O–H groups in total. The second-order valence-electron chi connectivity index (χ2n) is 10.3. The highest BCUT2D eigenvalue weighted by atomic mass is 16.5. The molecular formula is C36H23N3O. The van der Waals surface area contributed by atoms with Crippen LogP contribution in [-0.2, 0) is 0 Å². The molecule has 1 aliphatic rings. The number of anilines is 2. The van der Waals surface area contributed by atoms with Crippen LogP contribution in [0.15, 0.2) is 133 Å².